The van der Waals surface area contributed by atoms with Gasteiger partial charge in [0.2, 0.25) is 5.91 Å². The first kappa shape index (κ1) is 22.7. The molecule has 8 heteroatoms. The average Bonchev–Trinajstić information content (AvgIpc) is 2.78. The summed E-state index contributed by atoms with van der Waals surface area (Å²) >= 11 is 0. The third-order valence-electron chi connectivity index (χ3n) is 5.07. The number of hydrogen-bond donors (Lipinski definition) is 2. The molecule has 2 amide bonds. The van der Waals surface area contributed by atoms with E-state index in [0.717, 1.165) is 27.1 Å². The van der Waals surface area contributed by atoms with E-state index in [4.69, 9.17) is 4.74 Å². The molecule has 0 radical (unpaired) electrons. The van der Waals surface area contributed by atoms with E-state index in [1.807, 2.05) is 50.2 Å². The summed E-state index contributed by atoms with van der Waals surface area (Å²) in [4.78, 5) is 37.0. The molecule has 0 aliphatic rings. The minimum atomic E-state index is -0.465. The van der Waals surface area contributed by atoms with Gasteiger partial charge in [-0.3, -0.25) is 14.4 Å². The molecule has 3 aromatic rings. The van der Waals surface area contributed by atoms with Gasteiger partial charge in [0, 0.05) is 18.3 Å². The summed E-state index contributed by atoms with van der Waals surface area (Å²) in [5, 5.41) is 9.58. The summed E-state index contributed by atoms with van der Waals surface area (Å²) in [5.74, 6) is -0.0816. The lowest BCUT2D eigenvalue weighted by Crippen LogP contribution is -2.35. The van der Waals surface area contributed by atoms with Gasteiger partial charge in [0.1, 0.15) is 18.0 Å². The Morgan fingerprint density at radius 3 is 2.56 bits per heavy atom. The second-order valence-electron chi connectivity index (χ2n) is 7.38. The van der Waals surface area contributed by atoms with Crippen LogP contribution in [-0.4, -0.2) is 35.2 Å². The summed E-state index contributed by atoms with van der Waals surface area (Å²) < 4.78 is 6.28. The number of aromatic nitrogens is 2. The van der Waals surface area contributed by atoms with E-state index in [-0.39, 0.29) is 18.1 Å². The lowest BCUT2D eigenvalue weighted by Gasteiger charge is -2.10. The number of carbonyl (C=O) groups excluding carboxylic acids is 2. The number of nitrogens with one attached hydrogen (secondary N) is 2. The Bertz CT molecular complexity index is 1190. The Labute approximate surface area is 186 Å². The van der Waals surface area contributed by atoms with Crippen LogP contribution in [0.25, 0.3) is 0 Å². The van der Waals surface area contributed by atoms with Gasteiger partial charge in [-0.2, -0.15) is 5.10 Å². The zero-order chi connectivity index (χ0) is 23.1. The predicted octanol–water partition coefficient (Wildman–Crippen LogP) is 2.48. The van der Waals surface area contributed by atoms with Crippen LogP contribution in [0, 0.1) is 13.8 Å². The molecule has 0 fully saturated rings. The molecule has 0 aliphatic carbocycles. The number of aryl methyl sites for hydroxylation is 2. The molecule has 0 saturated heterocycles. The molecule has 0 unspecified atom stereocenters. The fourth-order valence-corrected chi connectivity index (χ4v) is 3.14. The van der Waals surface area contributed by atoms with E-state index in [9.17, 15) is 14.4 Å². The first-order chi connectivity index (χ1) is 15.4. The number of nitrogens with zero attached hydrogens (tertiary/aromatic N) is 2. The lowest BCUT2D eigenvalue weighted by molar-refractivity contribution is -0.121. The Hall–Kier alpha value is -3.94. The SMILES string of the molecule is COc1ccccc1CCNC(=O)Cn1nc(C(=O)Nc2ccc(C)c(C)c2)ccc1=O. The Morgan fingerprint density at radius 1 is 1.03 bits per heavy atom. The molecular formula is C24H26N4O4. The van der Waals surface area contributed by atoms with Crippen molar-refractivity contribution in [3.8, 4) is 5.75 Å². The van der Waals surface area contributed by atoms with Gasteiger partial charge in [-0.05, 0) is 61.2 Å². The molecule has 0 atom stereocenters. The fourth-order valence-electron chi connectivity index (χ4n) is 3.14. The van der Waals surface area contributed by atoms with Crippen molar-refractivity contribution in [1.82, 2.24) is 15.1 Å². The van der Waals surface area contributed by atoms with Gasteiger partial charge < -0.3 is 15.4 Å². The number of benzene rings is 2. The second kappa shape index (κ2) is 10.4. The molecule has 0 saturated carbocycles. The number of hydrogen-bond acceptors (Lipinski definition) is 5. The minimum Gasteiger partial charge on any atom is -0.496 e. The van der Waals surface area contributed by atoms with Gasteiger partial charge in [0.05, 0.1) is 7.11 Å². The third-order valence-corrected chi connectivity index (χ3v) is 5.07. The zero-order valence-corrected chi connectivity index (χ0v) is 18.3. The molecule has 32 heavy (non-hydrogen) atoms. The van der Waals surface area contributed by atoms with Crippen molar-refractivity contribution in [2.45, 2.75) is 26.8 Å². The maximum atomic E-state index is 12.5. The average molecular weight is 434 g/mol. The Kier molecular flexibility index (Phi) is 7.38. The van der Waals surface area contributed by atoms with Gasteiger partial charge in [-0.25, -0.2) is 4.68 Å². The standard InChI is InChI=1S/C24H26N4O4/c1-16-8-9-19(14-17(16)2)26-24(31)20-10-11-23(30)28(27-20)15-22(29)25-13-12-18-6-4-5-7-21(18)32-3/h4-11,14H,12-13,15H2,1-3H3,(H,25,29)(H,26,31). The van der Waals surface area contributed by atoms with Crippen LogP contribution in [0.15, 0.2) is 59.4 Å². The molecule has 2 N–H and O–H groups in total. The molecule has 8 nitrogen and oxygen atoms in total. The molecule has 166 valence electrons. The first-order valence-corrected chi connectivity index (χ1v) is 10.2. The molecule has 1 heterocycles. The molecular weight excluding hydrogens is 408 g/mol. The second-order valence-corrected chi connectivity index (χ2v) is 7.38. The van der Waals surface area contributed by atoms with Gasteiger partial charge in [0.15, 0.2) is 0 Å². The summed E-state index contributed by atoms with van der Waals surface area (Å²) in [6.07, 6.45) is 0.580. The van der Waals surface area contributed by atoms with Crippen LogP contribution in [0.1, 0.15) is 27.2 Å². The van der Waals surface area contributed by atoms with Crippen molar-refractivity contribution in [3.05, 3.63) is 87.3 Å². The summed E-state index contributed by atoms with van der Waals surface area (Å²) in [6, 6.07) is 15.7. The van der Waals surface area contributed by atoms with Gasteiger partial charge in [-0.1, -0.05) is 24.3 Å². The predicted molar refractivity (Wildman–Crippen MR) is 122 cm³/mol. The summed E-state index contributed by atoms with van der Waals surface area (Å²) in [6.45, 7) is 4.03. The lowest BCUT2D eigenvalue weighted by atomic mass is 10.1. The van der Waals surface area contributed by atoms with E-state index in [1.165, 1.54) is 12.1 Å². The minimum absolute atomic E-state index is 0.0460. The van der Waals surface area contributed by atoms with Crippen molar-refractivity contribution in [2.75, 3.05) is 19.0 Å². The van der Waals surface area contributed by atoms with Gasteiger partial charge in [0.25, 0.3) is 11.5 Å². The number of methoxy groups -OCH3 is 1. The number of amides is 2. The van der Waals surface area contributed by atoms with E-state index in [0.29, 0.717) is 18.7 Å². The first-order valence-electron chi connectivity index (χ1n) is 10.2. The maximum Gasteiger partial charge on any atom is 0.276 e. The highest BCUT2D eigenvalue weighted by Crippen LogP contribution is 2.17. The van der Waals surface area contributed by atoms with Crippen LogP contribution in [0.2, 0.25) is 0 Å². The molecule has 0 spiro atoms. The van der Waals surface area contributed by atoms with Crippen molar-refractivity contribution >= 4 is 17.5 Å². The Morgan fingerprint density at radius 2 is 1.81 bits per heavy atom. The number of carbonyl (C=O) groups is 2. The summed E-state index contributed by atoms with van der Waals surface area (Å²) in [7, 11) is 1.60. The van der Waals surface area contributed by atoms with Gasteiger partial charge in [-0.15, -0.1) is 0 Å². The van der Waals surface area contributed by atoms with Crippen LogP contribution >= 0.6 is 0 Å². The highest BCUT2D eigenvalue weighted by atomic mass is 16.5. The highest BCUT2D eigenvalue weighted by Gasteiger charge is 2.13. The van der Waals surface area contributed by atoms with E-state index in [1.54, 1.807) is 13.2 Å². The monoisotopic (exact) mass is 434 g/mol. The van der Waals surface area contributed by atoms with Crippen LogP contribution in [-0.2, 0) is 17.8 Å². The van der Waals surface area contributed by atoms with Crippen LogP contribution in [0.4, 0.5) is 5.69 Å². The molecule has 1 aromatic heterocycles. The zero-order valence-electron chi connectivity index (χ0n) is 18.3. The maximum absolute atomic E-state index is 12.5. The molecule has 2 aromatic carbocycles. The van der Waals surface area contributed by atoms with Gasteiger partial charge >= 0.3 is 0 Å². The number of rotatable bonds is 8. The van der Waals surface area contributed by atoms with Crippen LogP contribution in [0.3, 0.4) is 0 Å². The summed E-state index contributed by atoms with van der Waals surface area (Å²) in [5.41, 5.74) is 3.34. The third kappa shape index (κ3) is 5.81. The fraction of sp³-hybridized carbons (Fsp3) is 0.250. The normalized spacial score (nSPS) is 10.5. The van der Waals surface area contributed by atoms with E-state index in [2.05, 4.69) is 15.7 Å². The number of ether oxygens (including phenoxy) is 1. The van der Waals surface area contributed by atoms with Crippen LogP contribution in [0.5, 0.6) is 5.75 Å². The largest absolute Gasteiger partial charge is 0.496 e. The smallest absolute Gasteiger partial charge is 0.276 e. The highest BCUT2D eigenvalue weighted by molar-refractivity contribution is 6.02. The molecule has 0 bridgehead atoms. The van der Waals surface area contributed by atoms with E-state index >= 15 is 0 Å². The van der Waals surface area contributed by atoms with Crippen molar-refractivity contribution in [3.63, 3.8) is 0 Å². The number of para-hydroxylation sites is 1. The Balaban J connectivity index is 1.61. The quantitative estimate of drug-likeness (QED) is 0.567. The van der Waals surface area contributed by atoms with Crippen molar-refractivity contribution in [1.29, 1.82) is 0 Å². The van der Waals surface area contributed by atoms with Crippen molar-refractivity contribution in [2.24, 2.45) is 0 Å². The number of anilines is 1. The topological polar surface area (TPSA) is 102 Å². The van der Waals surface area contributed by atoms with E-state index < -0.39 is 11.5 Å². The van der Waals surface area contributed by atoms with Crippen molar-refractivity contribution < 1.29 is 14.3 Å². The molecule has 3 rings (SSSR count). The molecule has 0 aliphatic heterocycles. The van der Waals surface area contributed by atoms with Crippen LogP contribution < -0.4 is 20.9 Å².